The molecule has 0 bridgehead atoms. The number of fused-ring (bicyclic) bond motifs is 4. The maximum absolute atomic E-state index is 13.4. The first-order valence-electron chi connectivity index (χ1n) is 18.0. The summed E-state index contributed by atoms with van der Waals surface area (Å²) in [5.41, 5.74) is 4.71. The van der Waals surface area contributed by atoms with E-state index in [2.05, 4.69) is 24.4 Å². The fourth-order valence-electron chi connectivity index (χ4n) is 6.53. The van der Waals surface area contributed by atoms with E-state index in [0.717, 1.165) is 40.8 Å². The zero-order valence-electron chi connectivity index (χ0n) is 28.9. The number of imide groups is 1. The third kappa shape index (κ3) is 9.94. The molecule has 1 N–H and O–H groups in total. The Morgan fingerprint density at radius 2 is 1.16 bits per heavy atom. The Labute approximate surface area is 303 Å². The summed E-state index contributed by atoms with van der Waals surface area (Å²) in [6.07, 6.45) is 14.6. The van der Waals surface area contributed by atoms with Crippen molar-refractivity contribution in [1.29, 1.82) is 0 Å². The van der Waals surface area contributed by atoms with Gasteiger partial charge in [-0.3, -0.25) is 9.59 Å². The van der Waals surface area contributed by atoms with Gasteiger partial charge in [-0.05, 0) is 40.8 Å². The zero-order chi connectivity index (χ0) is 35.1. The van der Waals surface area contributed by atoms with E-state index in [-0.39, 0.29) is 29.4 Å². The molecule has 1 heterocycles. The predicted molar refractivity (Wildman–Crippen MR) is 201 cm³/mol. The molecular formula is C40H48N2O6S2. The number of amides is 3. The van der Waals surface area contributed by atoms with E-state index in [0.29, 0.717) is 5.06 Å². The molecule has 5 rings (SSSR count). The lowest BCUT2D eigenvalue weighted by atomic mass is 9.98. The number of nitrogens with zero attached hydrogens (tertiary/aromatic N) is 1. The van der Waals surface area contributed by atoms with E-state index < -0.39 is 29.9 Å². The SMILES string of the molecule is CCCCCCCCCCCCCCSSC[C@H](NC(=O)OCC1c2ccccc2-c2ccccc21)C(=O)ON1C(=O)c2ccccc2C1=O. The molecule has 0 unspecified atom stereocenters. The van der Waals surface area contributed by atoms with Crippen molar-refractivity contribution >= 4 is 45.5 Å². The van der Waals surface area contributed by atoms with Gasteiger partial charge in [-0.15, -0.1) is 0 Å². The van der Waals surface area contributed by atoms with Gasteiger partial charge >= 0.3 is 12.1 Å². The van der Waals surface area contributed by atoms with Gasteiger partial charge in [0.2, 0.25) is 0 Å². The molecule has 10 heteroatoms. The van der Waals surface area contributed by atoms with E-state index in [1.165, 1.54) is 87.1 Å². The Morgan fingerprint density at radius 3 is 1.70 bits per heavy atom. The Kier molecular flexibility index (Phi) is 14.7. The molecule has 3 aromatic rings. The maximum Gasteiger partial charge on any atom is 0.407 e. The van der Waals surface area contributed by atoms with Crippen LogP contribution in [0.5, 0.6) is 0 Å². The van der Waals surface area contributed by atoms with Crippen LogP contribution in [0.25, 0.3) is 11.1 Å². The van der Waals surface area contributed by atoms with Crippen molar-refractivity contribution in [3.05, 3.63) is 95.1 Å². The largest absolute Gasteiger partial charge is 0.449 e. The van der Waals surface area contributed by atoms with Gasteiger partial charge in [-0.2, -0.15) is 0 Å². The molecular weight excluding hydrogens is 669 g/mol. The number of alkyl carbamates (subject to hydrolysis) is 1. The number of ether oxygens (including phenoxy) is 1. The number of rotatable bonds is 21. The molecule has 3 aromatic carbocycles. The zero-order valence-corrected chi connectivity index (χ0v) is 30.5. The highest BCUT2D eigenvalue weighted by atomic mass is 33.1. The van der Waals surface area contributed by atoms with E-state index >= 15 is 0 Å². The fraction of sp³-hybridized carbons (Fsp3) is 0.450. The number of carbonyl (C=O) groups excluding carboxylic acids is 4. The summed E-state index contributed by atoms with van der Waals surface area (Å²) in [5.74, 6) is -1.40. The average molecular weight is 717 g/mol. The molecule has 0 saturated heterocycles. The fourth-order valence-corrected chi connectivity index (χ4v) is 8.83. The molecule has 2 aliphatic rings. The summed E-state index contributed by atoms with van der Waals surface area (Å²) in [4.78, 5) is 57.6. The van der Waals surface area contributed by atoms with Crippen LogP contribution in [-0.2, 0) is 14.4 Å². The second-order valence-corrected chi connectivity index (χ2v) is 15.5. The minimum absolute atomic E-state index is 0.0842. The molecule has 0 spiro atoms. The Morgan fingerprint density at radius 1 is 0.680 bits per heavy atom. The first-order chi connectivity index (χ1) is 24.5. The van der Waals surface area contributed by atoms with Crippen molar-refractivity contribution in [2.24, 2.45) is 0 Å². The summed E-state index contributed by atoms with van der Waals surface area (Å²) in [6, 6.07) is 21.3. The molecule has 0 fully saturated rings. The molecule has 8 nitrogen and oxygen atoms in total. The average Bonchev–Trinajstić information content (AvgIpc) is 3.58. The second kappa shape index (κ2) is 19.6. The second-order valence-electron chi connectivity index (χ2n) is 12.9. The van der Waals surface area contributed by atoms with Crippen LogP contribution in [0.1, 0.15) is 122 Å². The highest BCUT2D eigenvalue weighted by Crippen LogP contribution is 2.44. The van der Waals surface area contributed by atoms with Crippen molar-refractivity contribution < 1.29 is 28.8 Å². The highest BCUT2D eigenvalue weighted by molar-refractivity contribution is 8.76. The summed E-state index contributed by atoms with van der Waals surface area (Å²) in [6.45, 7) is 2.34. The quantitative estimate of drug-likeness (QED) is 0.0661. The van der Waals surface area contributed by atoms with Crippen molar-refractivity contribution in [3.8, 4) is 11.1 Å². The van der Waals surface area contributed by atoms with Crippen LogP contribution in [0.2, 0.25) is 0 Å². The summed E-state index contributed by atoms with van der Waals surface area (Å²) in [5, 5.41) is 3.12. The molecule has 1 aliphatic carbocycles. The number of hydrogen-bond donors (Lipinski definition) is 1. The smallest absolute Gasteiger partial charge is 0.407 e. The Bertz CT molecular complexity index is 1530. The maximum atomic E-state index is 13.4. The minimum atomic E-state index is -1.14. The van der Waals surface area contributed by atoms with Crippen LogP contribution < -0.4 is 5.32 Å². The van der Waals surface area contributed by atoms with Crippen molar-refractivity contribution in [2.75, 3.05) is 18.1 Å². The summed E-state index contributed by atoms with van der Waals surface area (Å²) < 4.78 is 5.69. The van der Waals surface area contributed by atoms with Gasteiger partial charge < -0.3 is 14.9 Å². The Balaban J connectivity index is 1.09. The predicted octanol–water partition coefficient (Wildman–Crippen LogP) is 9.73. The van der Waals surface area contributed by atoms with Crippen LogP contribution >= 0.6 is 21.6 Å². The molecule has 0 aromatic heterocycles. The monoisotopic (exact) mass is 716 g/mol. The third-order valence-electron chi connectivity index (χ3n) is 9.26. The van der Waals surface area contributed by atoms with Crippen LogP contribution in [0, 0.1) is 0 Å². The van der Waals surface area contributed by atoms with E-state index in [4.69, 9.17) is 9.57 Å². The van der Waals surface area contributed by atoms with Crippen molar-refractivity contribution in [3.63, 3.8) is 0 Å². The van der Waals surface area contributed by atoms with Gasteiger partial charge in [0.15, 0.2) is 0 Å². The van der Waals surface area contributed by atoms with Crippen LogP contribution in [0.15, 0.2) is 72.8 Å². The standard InChI is InChI=1S/C40H48N2O6S2/c1-2-3-4-5-6-7-8-9-10-11-12-19-26-49-50-28-36(39(45)48-42-37(43)33-24-17-18-25-34(33)38(42)44)41-40(46)47-27-35-31-22-15-13-20-29(31)30-21-14-16-23-32(30)35/h13-18,20-25,35-36H,2-12,19,26-28H2,1H3,(H,41,46)/t36-/m0/s1. The Hall–Kier alpha value is -3.76. The first-order valence-corrected chi connectivity index (χ1v) is 20.5. The number of benzene rings is 3. The lowest BCUT2D eigenvalue weighted by molar-refractivity contribution is -0.170. The number of carbonyl (C=O) groups is 4. The first kappa shape index (κ1) is 37.5. The molecule has 1 atom stereocenters. The number of nitrogens with one attached hydrogen (secondary N) is 1. The molecule has 266 valence electrons. The van der Waals surface area contributed by atoms with Crippen molar-refractivity contribution in [1.82, 2.24) is 10.4 Å². The van der Waals surface area contributed by atoms with E-state index in [9.17, 15) is 19.2 Å². The number of hydroxylamine groups is 2. The lowest BCUT2D eigenvalue weighted by Crippen LogP contribution is -2.47. The number of unbranched alkanes of at least 4 members (excludes halogenated alkanes) is 11. The summed E-state index contributed by atoms with van der Waals surface area (Å²) in [7, 11) is 3.07. The topological polar surface area (TPSA) is 102 Å². The molecule has 0 saturated carbocycles. The number of hydrogen-bond acceptors (Lipinski definition) is 8. The van der Waals surface area contributed by atoms with E-state index in [1.807, 2.05) is 36.4 Å². The molecule has 50 heavy (non-hydrogen) atoms. The van der Waals surface area contributed by atoms with Gasteiger partial charge in [0, 0.05) is 17.4 Å². The van der Waals surface area contributed by atoms with Crippen LogP contribution in [-0.4, -0.2) is 53.1 Å². The van der Waals surface area contributed by atoms with Gasteiger partial charge in [0.05, 0.1) is 11.1 Å². The van der Waals surface area contributed by atoms with Crippen molar-refractivity contribution in [2.45, 2.75) is 95.9 Å². The van der Waals surface area contributed by atoms with Gasteiger partial charge in [-0.1, -0.05) is 165 Å². The highest BCUT2D eigenvalue weighted by Gasteiger charge is 2.40. The minimum Gasteiger partial charge on any atom is -0.449 e. The van der Waals surface area contributed by atoms with E-state index in [1.54, 1.807) is 22.9 Å². The van der Waals surface area contributed by atoms with Gasteiger partial charge in [-0.25, -0.2) is 9.59 Å². The molecule has 0 radical (unpaired) electrons. The normalized spacial score (nSPS) is 13.9. The molecule has 1 aliphatic heterocycles. The van der Waals surface area contributed by atoms with Crippen LogP contribution in [0.3, 0.4) is 0 Å². The lowest BCUT2D eigenvalue weighted by Gasteiger charge is -2.20. The summed E-state index contributed by atoms with van der Waals surface area (Å²) >= 11 is 0. The van der Waals surface area contributed by atoms with Crippen LogP contribution in [0.4, 0.5) is 4.79 Å². The molecule has 3 amide bonds. The third-order valence-corrected chi connectivity index (χ3v) is 11.8. The van der Waals surface area contributed by atoms with Gasteiger partial charge in [0.1, 0.15) is 12.6 Å². The van der Waals surface area contributed by atoms with Gasteiger partial charge in [0.25, 0.3) is 11.8 Å².